The Labute approximate surface area is 200 Å². The number of rotatable bonds is 9. The first-order chi connectivity index (χ1) is 16.1. The number of hydrogen-bond donors (Lipinski definition) is 1. The Morgan fingerprint density at radius 1 is 1.12 bits per heavy atom. The fraction of sp³-hybridized carbons (Fsp3) is 0.417. The Kier molecular flexibility index (Phi) is 7.83. The highest BCUT2D eigenvalue weighted by Gasteiger charge is 2.50. The summed E-state index contributed by atoms with van der Waals surface area (Å²) in [7, 11) is -0.627. The third kappa shape index (κ3) is 5.34. The third-order valence-corrected chi connectivity index (χ3v) is 7.83. The summed E-state index contributed by atoms with van der Waals surface area (Å²) in [6.07, 6.45) is 0. The van der Waals surface area contributed by atoms with E-state index in [1.807, 2.05) is 30.3 Å². The number of piperazine rings is 1. The third-order valence-electron chi connectivity index (χ3n) is 6.06. The van der Waals surface area contributed by atoms with E-state index in [2.05, 4.69) is 5.32 Å². The highest BCUT2D eigenvalue weighted by atomic mass is 32.2. The Hall–Kier alpha value is -3.11. The summed E-state index contributed by atoms with van der Waals surface area (Å²) in [5, 5.41) is 2.88. The molecule has 0 radical (unpaired) electrons. The van der Waals surface area contributed by atoms with Crippen molar-refractivity contribution in [2.24, 2.45) is 0 Å². The number of nitrogens with one attached hydrogen (secondary N) is 1. The van der Waals surface area contributed by atoms with Crippen LogP contribution in [-0.2, 0) is 32.7 Å². The number of carbonyl (C=O) groups excluding carboxylic acids is 2. The van der Waals surface area contributed by atoms with Crippen LogP contribution in [0.5, 0.6) is 11.5 Å². The number of methoxy groups -OCH3 is 2. The van der Waals surface area contributed by atoms with Gasteiger partial charge in [0, 0.05) is 24.7 Å². The first-order valence-electron chi connectivity index (χ1n) is 11.0. The lowest BCUT2D eigenvalue weighted by molar-refractivity contribution is -0.153. The molecular formula is C24H31N3O6S. The molecule has 1 aliphatic rings. The van der Waals surface area contributed by atoms with Gasteiger partial charge in [-0.25, -0.2) is 8.42 Å². The SMILES string of the molecule is CCS(=O)(=O)N1CC(=O)N(Cc2ccc(OC)cc2OC)C(C)(C(=O)NCc2ccccc2)C1. The molecule has 0 spiro atoms. The van der Waals surface area contributed by atoms with Crippen molar-refractivity contribution in [3.05, 3.63) is 59.7 Å². The second-order valence-electron chi connectivity index (χ2n) is 8.27. The predicted molar refractivity (Wildman–Crippen MR) is 128 cm³/mol. The first-order valence-corrected chi connectivity index (χ1v) is 12.6. The second-order valence-corrected chi connectivity index (χ2v) is 10.5. The predicted octanol–water partition coefficient (Wildman–Crippen LogP) is 1.77. The van der Waals surface area contributed by atoms with Gasteiger partial charge < -0.3 is 19.7 Å². The van der Waals surface area contributed by atoms with Gasteiger partial charge >= 0.3 is 0 Å². The van der Waals surface area contributed by atoms with Crippen LogP contribution in [0, 0.1) is 0 Å². The van der Waals surface area contributed by atoms with E-state index in [4.69, 9.17) is 9.47 Å². The number of benzene rings is 2. The van der Waals surface area contributed by atoms with E-state index >= 15 is 0 Å². The lowest BCUT2D eigenvalue weighted by atomic mass is 9.94. The molecule has 2 amide bonds. The summed E-state index contributed by atoms with van der Waals surface area (Å²) < 4.78 is 37.0. The Morgan fingerprint density at radius 3 is 2.44 bits per heavy atom. The number of amides is 2. The zero-order chi connectivity index (χ0) is 24.9. The van der Waals surface area contributed by atoms with Gasteiger partial charge in [-0.3, -0.25) is 9.59 Å². The fourth-order valence-corrected chi connectivity index (χ4v) is 5.07. The summed E-state index contributed by atoms with van der Waals surface area (Å²) in [5.74, 6) is 0.0394. The van der Waals surface area contributed by atoms with E-state index in [-0.39, 0.29) is 31.9 Å². The topological polar surface area (TPSA) is 105 Å². The average molecular weight is 490 g/mol. The van der Waals surface area contributed by atoms with Crippen molar-refractivity contribution in [1.82, 2.24) is 14.5 Å². The van der Waals surface area contributed by atoms with Gasteiger partial charge in [0.05, 0.1) is 33.1 Å². The van der Waals surface area contributed by atoms with Gasteiger partial charge in [0.15, 0.2) is 0 Å². The Morgan fingerprint density at radius 2 is 1.82 bits per heavy atom. The summed E-state index contributed by atoms with van der Waals surface area (Å²) in [6.45, 7) is 2.97. The van der Waals surface area contributed by atoms with E-state index in [9.17, 15) is 18.0 Å². The van der Waals surface area contributed by atoms with Gasteiger partial charge in [0.25, 0.3) is 0 Å². The van der Waals surface area contributed by atoms with Crippen molar-refractivity contribution in [1.29, 1.82) is 0 Å². The zero-order valence-electron chi connectivity index (χ0n) is 19.9. The van der Waals surface area contributed by atoms with E-state index in [0.29, 0.717) is 17.1 Å². The van der Waals surface area contributed by atoms with E-state index < -0.39 is 27.4 Å². The zero-order valence-corrected chi connectivity index (χ0v) is 20.7. The molecule has 3 rings (SSSR count). The summed E-state index contributed by atoms with van der Waals surface area (Å²) in [6, 6.07) is 14.6. The van der Waals surface area contributed by atoms with Crippen LogP contribution in [0.3, 0.4) is 0 Å². The molecule has 0 bridgehead atoms. The molecule has 0 aliphatic carbocycles. The number of carbonyl (C=O) groups is 2. The number of ether oxygens (including phenoxy) is 2. The maximum Gasteiger partial charge on any atom is 0.247 e. The molecule has 1 fully saturated rings. The molecule has 184 valence electrons. The summed E-state index contributed by atoms with van der Waals surface area (Å²) >= 11 is 0. The minimum absolute atomic E-state index is 0.0707. The summed E-state index contributed by atoms with van der Waals surface area (Å²) in [5.41, 5.74) is 0.130. The first kappa shape index (κ1) is 25.5. The maximum atomic E-state index is 13.5. The van der Waals surface area contributed by atoms with Crippen LogP contribution in [0.25, 0.3) is 0 Å². The normalized spacial score (nSPS) is 19.1. The van der Waals surface area contributed by atoms with Crippen LogP contribution >= 0.6 is 0 Å². The highest BCUT2D eigenvalue weighted by Crippen LogP contribution is 2.31. The molecular weight excluding hydrogens is 458 g/mol. The molecule has 1 N–H and O–H groups in total. The maximum absolute atomic E-state index is 13.5. The monoisotopic (exact) mass is 489 g/mol. The van der Waals surface area contributed by atoms with Crippen LogP contribution in [0.15, 0.2) is 48.5 Å². The van der Waals surface area contributed by atoms with E-state index in [1.165, 1.54) is 18.9 Å². The van der Waals surface area contributed by atoms with Crippen LogP contribution in [0.1, 0.15) is 25.0 Å². The van der Waals surface area contributed by atoms with Crippen molar-refractivity contribution in [2.45, 2.75) is 32.5 Å². The molecule has 0 aromatic heterocycles. The van der Waals surface area contributed by atoms with Crippen LogP contribution in [0.2, 0.25) is 0 Å². The standard InChI is InChI=1S/C24H31N3O6S/c1-5-34(30,31)26-16-22(28)27(15-19-11-12-20(32-3)13-21(19)33-4)24(2,17-26)23(29)25-14-18-9-7-6-8-10-18/h6-13H,5,14-17H2,1-4H3,(H,25,29). The number of nitrogens with zero attached hydrogens (tertiary/aromatic N) is 2. The molecule has 1 heterocycles. The van der Waals surface area contributed by atoms with Gasteiger partial charge in [0.2, 0.25) is 21.8 Å². The van der Waals surface area contributed by atoms with Crippen molar-refractivity contribution in [3.8, 4) is 11.5 Å². The highest BCUT2D eigenvalue weighted by molar-refractivity contribution is 7.89. The molecule has 1 aliphatic heterocycles. The smallest absolute Gasteiger partial charge is 0.247 e. The molecule has 10 heteroatoms. The van der Waals surface area contributed by atoms with E-state index in [1.54, 1.807) is 32.2 Å². The molecule has 1 unspecified atom stereocenters. The lowest BCUT2D eigenvalue weighted by Gasteiger charge is -2.47. The van der Waals surface area contributed by atoms with Crippen molar-refractivity contribution in [3.63, 3.8) is 0 Å². The van der Waals surface area contributed by atoms with Crippen molar-refractivity contribution < 1.29 is 27.5 Å². The molecule has 2 aromatic rings. The van der Waals surface area contributed by atoms with Gasteiger partial charge in [-0.2, -0.15) is 4.31 Å². The van der Waals surface area contributed by atoms with Crippen LogP contribution < -0.4 is 14.8 Å². The lowest BCUT2D eigenvalue weighted by Crippen LogP contribution is -2.69. The van der Waals surface area contributed by atoms with Crippen LogP contribution in [0.4, 0.5) is 0 Å². The largest absolute Gasteiger partial charge is 0.497 e. The van der Waals surface area contributed by atoms with Gasteiger partial charge in [-0.1, -0.05) is 30.3 Å². The molecule has 34 heavy (non-hydrogen) atoms. The van der Waals surface area contributed by atoms with Gasteiger partial charge in [0.1, 0.15) is 17.0 Å². The number of sulfonamides is 1. The van der Waals surface area contributed by atoms with Crippen molar-refractivity contribution >= 4 is 21.8 Å². The molecule has 2 aromatic carbocycles. The summed E-state index contributed by atoms with van der Waals surface area (Å²) in [4.78, 5) is 28.2. The molecule has 9 nitrogen and oxygen atoms in total. The quantitative estimate of drug-likeness (QED) is 0.576. The molecule has 0 saturated carbocycles. The minimum Gasteiger partial charge on any atom is -0.497 e. The Bertz CT molecular complexity index is 1140. The van der Waals surface area contributed by atoms with E-state index in [0.717, 1.165) is 9.87 Å². The molecule has 1 atom stereocenters. The number of hydrogen-bond acceptors (Lipinski definition) is 6. The average Bonchev–Trinajstić information content (AvgIpc) is 2.85. The minimum atomic E-state index is -3.68. The molecule has 1 saturated heterocycles. The van der Waals surface area contributed by atoms with Gasteiger partial charge in [-0.05, 0) is 31.5 Å². The van der Waals surface area contributed by atoms with Crippen molar-refractivity contribution in [2.75, 3.05) is 33.1 Å². The second kappa shape index (κ2) is 10.4. The van der Waals surface area contributed by atoms with Gasteiger partial charge in [-0.15, -0.1) is 0 Å². The van der Waals surface area contributed by atoms with Crippen LogP contribution in [-0.4, -0.2) is 68.0 Å². The Balaban J connectivity index is 1.95. The fourth-order valence-electron chi connectivity index (χ4n) is 3.95.